The standard InChI is InChI=1S/C17H27N5O3S/c1-20-17(22-10-2-3-14(12-22)11-16(18)23)21-9-8-13-4-6-15(7-5-13)26(19,24)25/h4-7,14H,2-3,8-12H2,1H3,(H2,18,23)(H,20,21)(H2,19,24,25). The number of primary sulfonamides is 1. The number of nitrogens with zero attached hydrogens (tertiary/aromatic N) is 2. The lowest BCUT2D eigenvalue weighted by molar-refractivity contribution is -0.119. The van der Waals surface area contributed by atoms with Crippen molar-refractivity contribution in [2.24, 2.45) is 21.8 Å². The number of amides is 1. The summed E-state index contributed by atoms with van der Waals surface area (Å²) in [6.45, 7) is 2.34. The first kappa shape index (κ1) is 20.2. The van der Waals surface area contributed by atoms with Crippen LogP contribution in [0.5, 0.6) is 0 Å². The number of guanidine groups is 1. The second-order valence-corrected chi connectivity index (χ2v) is 8.10. The molecule has 1 aliphatic heterocycles. The van der Waals surface area contributed by atoms with Crippen LogP contribution in [0, 0.1) is 5.92 Å². The molecule has 2 rings (SSSR count). The van der Waals surface area contributed by atoms with E-state index in [0.717, 1.165) is 43.9 Å². The lowest BCUT2D eigenvalue weighted by Gasteiger charge is -2.34. The van der Waals surface area contributed by atoms with Gasteiger partial charge in [-0.3, -0.25) is 9.79 Å². The van der Waals surface area contributed by atoms with Gasteiger partial charge >= 0.3 is 0 Å². The van der Waals surface area contributed by atoms with Crippen LogP contribution in [0.15, 0.2) is 34.2 Å². The van der Waals surface area contributed by atoms with Crippen molar-refractivity contribution in [1.82, 2.24) is 10.2 Å². The Bertz CT molecular complexity index is 746. The molecule has 5 N–H and O–H groups in total. The van der Waals surface area contributed by atoms with E-state index in [1.165, 1.54) is 12.1 Å². The Balaban J connectivity index is 1.86. The molecule has 0 bridgehead atoms. The van der Waals surface area contributed by atoms with Gasteiger partial charge in [-0.2, -0.15) is 0 Å². The lowest BCUT2D eigenvalue weighted by Crippen LogP contribution is -2.47. The van der Waals surface area contributed by atoms with Gasteiger partial charge in [0, 0.05) is 33.1 Å². The number of primary amides is 1. The van der Waals surface area contributed by atoms with E-state index in [4.69, 9.17) is 10.9 Å². The van der Waals surface area contributed by atoms with Gasteiger partial charge in [-0.05, 0) is 42.9 Å². The van der Waals surface area contributed by atoms with Crippen LogP contribution in [0.25, 0.3) is 0 Å². The van der Waals surface area contributed by atoms with Crippen molar-refractivity contribution < 1.29 is 13.2 Å². The first-order chi connectivity index (χ1) is 12.3. The molecule has 1 heterocycles. The molecule has 1 atom stereocenters. The quantitative estimate of drug-likeness (QED) is 0.473. The third-order valence-electron chi connectivity index (χ3n) is 4.47. The third kappa shape index (κ3) is 5.99. The highest BCUT2D eigenvalue weighted by Crippen LogP contribution is 2.19. The van der Waals surface area contributed by atoms with Crippen LogP contribution in [-0.4, -0.2) is 51.9 Å². The fraction of sp³-hybridized carbons (Fsp3) is 0.529. The number of rotatable bonds is 6. The first-order valence-electron chi connectivity index (χ1n) is 8.65. The van der Waals surface area contributed by atoms with E-state index in [-0.39, 0.29) is 16.7 Å². The topological polar surface area (TPSA) is 131 Å². The molecule has 1 amide bonds. The van der Waals surface area contributed by atoms with Gasteiger partial charge in [0.15, 0.2) is 5.96 Å². The monoisotopic (exact) mass is 381 g/mol. The van der Waals surface area contributed by atoms with Crippen molar-refractivity contribution in [3.05, 3.63) is 29.8 Å². The second kappa shape index (κ2) is 9.00. The summed E-state index contributed by atoms with van der Waals surface area (Å²) >= 11 is 0. The molecule has 1 aromatic carbocycles. The van der Waals surface area contributed by atoms with Crippen molar-refractivity contribution in [2.75, 3.05) is 26.7 Å². The molecule has 26 heavy (non-hydrogen) atoms. The predicted molar refractivity (Wildman–Crippen MR) is 101 cm³/mol. The second-order valence-electron chi connectivity index (χ2n) is 6.54. The van der Waals surface area contributed by atoms with Gasteiger partial charge in [0.1, 0.15) is 0 Å². The molecule has 0 radical (unpaired) electrons. The number of nitrogens with one attached hydrogen (secondary N) is 1. The zero-order chi connectivity index (χ0) is 19.2. The van der Waals surface area contributed by atoms with E-state index < -0.39 is 10.0 Å². The number of carbonyl (C=O) groups is 1. The minimum Gasteiger partial charge on any atom is -0.370 e. The maximum absolute atomic E-state index is 11.3. The molecule has 0 spiro atoms. The molecule has 144 valence electrons. The number of nitrogens with two attached hydrogens (primary N) is 2. The Morgan fingerprint density at radius 2 is 2.04 bits per heavy atom. The summed E-state index contributed by atoms with van der Waals surface area (Å²) in [5, 5.41) is 8.42. The molecule has 1 fully saturated rings. The third-order valence-corrected chi connectivity index (χ3v) is 5.40. The van der Waals surface area contributed by atoms with Crippen LogP contribution < -0.4 is 16.2 Å². The Hall–Kier alpha value is -2.13. The van der Waals surface area contributed by atoms with E-state index >= 15 is 0 Å². The molecule has 1 aliphatic rings. The van der Waals surface area contributed by atoms with E-state index in [1.807, 2.05) is 0 Å². The average molecular weight is 382 g/mol. The summed E-state index contributed by atoms with van der Waals surface area (Å²) in [6.07, 6.45) is 3.15. The van der Waals surface area contributed by atoms with Crippen LogP contribution in [-0.2, 0) is 21.2 Å². The molecule has 1 aromatic rings. The number of hydrogen-bond donors (Lipinski definition) is 3. The smallest absolute Gasteiger partial charge is 0.238 e. The fourth-order valence-corrected chi connectivity index (χ4v) is 3.72. The van der Waals surface area contributed by atoms with Gasteiger partial charge in [-0.25, -0.2) is 13.6 Å². The largest absolute Gasteiger partial charge is 0.370 e. The number of piperidine rings is 1. The normalized spacial score (nSPS) is 18.6. The zero-order valence-corrected chi connectivity index (χ0v) is 15.8. The minimum absolute atomic E-state index is 0.110. The molecule has 0 saturated carbocycles. The lowest BCUT2D eigenvalue weighted by atomic mass is 9.95. The molecule has 1 saturated heterocycles. The van der Waals surface area contributed by atoms with E-state index in [2.05, 4.69) is 15.2 Å². The number of hydrogen-bond acceptors (Lipinski definition) is 4. The van der Waals surface area contributed by atoms with Crippen molar-refractivity contribution >= 4 is 21.9 Å². The molecule has 1 unspecified atom stereocenters. The van der Waals surface area contributed by atoms with Crippen LogP contribution in [0.3, 0.4) is 0 Å². The van der Waals surface area contributed by atoms with Crippen molar-refractivity contribution in [3.63, 3.8) is 0 Å². The van der Waals surface area contributed by atoms with Gasteiger partial charge in [-0.1, -0.05) is 12.1 Å². The SMILES string of the molecule is CN=C(NCCc1ccc(S(N)(=O)=O)cc1)N1CCCC(CC(N)=O)C1. The van der Waals surface area contributed by atoms with E-state index in [9.17, 15) is 13.2 Å². The molecule has 9 heteroatoms. The Morgan fingerprint density at radius 1 is 1.35 bits per heavy atom. The molecular weight excluding hydrogens is 354 g/mol. The first-order valence-corrected chi connectivity index (χ1v) is 10.2. The fourth-order valence-electron chi connectivity index (χ4n) is 3.21. The maximum atomic E-state index is 11.3. The highest BCUT2D eigenvalue weighted by molar-refractivity contribution is 7.89. The van der Waals surface area contributed by atoms with Gasteiger partial charge in [0.25, 0.3) is 0 Å². The van der Waals surface area contributed by atoms with Crippen molar-refractivity contribution in [1.29, 1.82) is 0 Å². The predicted octanol–water partition coefficient (Wildman–Crippen LogP) is 0.0393. The van der Waals surface area contributed by atoms with Crippen LogP contribution >= 0.6 is 0 Å². The maximum Gasteiger partial charge on any atom is 0.238 e. The number of benzene rings is 1. The van der Waals surface area contributed by atoms with Crippen molar-refractivity contribution in [2.45, 2.75) is 30.6 Å². The van der Waals surface area contributed by atoms with Crippen LogP contribution in [0.2, 0.25) is 0 Å². The minimum atomic E-state index is -3.66. The number of carbonyl (C=O) groups excluding carboxylic acids is 1. The summed E-state index contributed by atoms with van der Waals surface area (Å²) < 4.78 is 22.5. The number of aliphatic imine (C=N–C) groups is 1. The average Bonchev–Trinajstić information content (AvgIpc) is 2.58. The highest BCUT2D eigenvalue weighted by Gasteiger charge is 2.23. The summed E-state index contributed by atoms with van der Waals surface area (Å²) in [7, 11) is -1.92. The van der Waals surface area contributed by atoms with Gasteiger partial charge in [0.05, 0.1) is 4.90 Å². The molecule has 0 aliphatic carbocycles. The molecule has 0 aromatic heterocycles. The summed E-state index contributed by atoms with van der Waals surface area (Å²) in [5.41, 5.74) is 6.32. The molecule has 8 nitrogen and oxygen atoms in total. The number of likely N-dealkylation sites (tertiary alicyclic amines) is 1. The zero-order valence-electron chi connectivity index (χ0n) is 15.0. The Morgan fingerprint density at radius 3 is 2.62 bits per heavy atom. The Kier molecular flexibility index (Phi) is 6.98. The molecular formula is C17H27N5O3S. The van der Waals surface area contributed by atoms with Crippen LogP contribution in [0.1, 0.15) is 24.8 Å². The van der Waals surface area contributed by atoms with Gasteiger partial charge in [-0.15, -0.1) is 0 Å². The van der Waals surface area contributed by atoms with Crippen molar-refractivity contribution in [3.8, 4) is 0 Å². The van der Waals surface area contributed by atoms with E-state index in [0.29, 0.717) is 13.0 Å². The highest BCUT2D eigenvalue weighted by atomic mass is 32.2. The van der Waals surface area contributed by atoms with E-state index in [1.54, 1.807) is 19.2 Å². The van der Waals surface area contributed by atoms with Gasteiger partial charge in [0.2, 0.25) is 15.9 Å². The summed E-state index contributed by atoms with van der Waals surface area (Å²) in [6, 6.07) is 6.54. The summed E-state index contributed by atoms with van der Waals surface area (Å²) in [4.78, 5) is 17.7. The van der Waals surface area contributed by atoms with Crippen LogP contribution in [0.4, 0.5) is 0 Å². The Labute approximate surface area is 154 Å². The number of sulfonamides is 1. The van der Waals surface area contributed by atoms with Gasteiger partial charge < -0.3 is 16.0 Å². The summed E-state index contributed by atoms with van der Waals surface area (Å²) in [5.74, 6) is 0.814.